The standard InChI is InChI=1S/C19H14N4O2S.C4H10/c1-11-6-9-16(14-5-3-2-4-13(11)14)23-18(20-21-19(23)26)15-8-7-12(22-25)10-17(15)24;1-4(2)3/h2-10,24H,1H3,(H,21,26);4H,1-3H3. The first-order valence-electron chi connectivity index (χ1n) is 9.66. The van der Waals surface area contributed by atoms with Gasteiger partial charge in [-0.3, -0.25) is 9.67 Å². The average Bonchev–Trinajstić information content (AvgIpc) is 3.09. The van der Waals surface area contributed by atoms with Gasteiger partial charge < -0.3 is 5.11 Å². The Morgan fingerprint density at radius 1 is 1.07 bits per heavy atom. The third-order valence-electron chi connectivity index (χ3n) is 4.36. The van der Waals surface area contributed by atoms with E-state index in [0.717, 1.165) is 27.9 Å². The number of aromatic nitrogens is 3. The number of H-pyrrole nitrogens is 1. The number of nitrogens with one attached hydrogen (secondary N) is 1. The molecule has 1 heterocycles. The van der Waals surface area contributed by atoms with Crippen molar-refractivity contribution in [1.82, 2.24) is 14.8 Å². The molecule has 0 radical (unpaired) electrons. The van der Waals surface area contributed by atoms with Crippen LogP contribution in [0.4, 0.5) is 5.69 Å². The van der Waals surface area contributed by atoms with Gasteiger partial charge in [0.15, 0.2) is 10.6 Å². The molecule has 0 atom stereocenters. The average molecular weight is 421 g/mol. The lowest BCUT2D eigenvalue weighted by atomic mass is 10.0. The van der Waals surface area contributed by atoms with Crippen molar-refractivity contribution in [3.05, 3.63) is 69.8 Å². The molecule has 4 aromatic rings. The van der Waals surface area contributed by atoms with Gasteiger partial charge in [0.1, 0.15) is 11.4 Å². The fourth-order valence-electron chi connectivity index (χ4n) is 3.10. The molecule has 6 nitrogen and oxygen atoms in total. The van der Waals surface area contributed by atoms with Crippen LogP contribution in [0.5, 0.6) is 5.75 Å². The third kappa shape index (κ3) is 4.31. The number of aromatic amines is 1. The van der Waals surface area contributed by atoms with Crippen molar-refractivity contribution in [3.8, 4) is 22.8 Å². The second-order valence-electron chi connectivity index (χ2n) is 7.66. The number of nitroso groups, excluding NO2 is 1. The summed E-state index contributed by atoms with van der Waals surface area (Å²) in [7, 11) is 0. The molecule has 154 valence electrons. The Hall–Kier alpha value is -3.32. The number of nitrogens with zero attached hydrogens (tertiary/aromatic N) is 3. The quantitative estimate of drug-likeness (QED) is 0.281. The summed E-state index contributed by atoms with van der Waals surface area (Å²) < 4.78 is 2.19. The van der Waals surface area contributed by atoms with E-state index in [9.17, 15) is 10.0 Å². The molecule has 0 saturated carbocycles. The van der Waals surface area contributed by atoms with Crippen molar-refractivity contribution in [2.24, 2.45) is 11.1 Å². The number of fused-ring (bicyclic) bond motifs is 1. The monoisotopic (exact) mass is 420 g/mol. The molecule has 0 amide bonds. The highest BCUT2D eigenvalue weighted by molar-refractivity contribution is 7.71. The number of rotatable bonds is 3. The van der Waals surface area contributed by atoms with E-state index in [4.69, 9.17) is 12.2 Å². The molecule has 0 fully saturated rings. The topological polar surface area (TPSA) is 83.3 Å². The Kier molecular flexibility index (Phi) is 6.42. The van der Waals surface area contributed by atoms with Crippen molar-refractivity contribution >= 4 is 28.7 Å². The Labute approximate surface area is 180 Å². The molecule has 0 bridgehead atoms. The molecule has 1 aromatic heterocycles. The smallest absolute Gasteiger partial charge is 0.200 e. The van der Waals surface area contributed by atoms with Crippen LogP contribution in [0.3, 0.4) is 0 Å². The minimum atomic E-state index is -0.0891. The molecule has 0 aliphatic rings. The molecular weight excluding hydrogens is 396 g/mol. The van der Waals surface area contributed by atoms with Crippen LogP contribution < -0.4 is 0 Å². The predicted molar refractivity (Wildman–Crippen MR) is 124 cm³/mol. The molecule has 7 heteroatoms. The van der Waals surface area contributed by atoms with Crippen LogP contribution in [0.25, 0.3) is 27.8 Å². The lowest BCUT2D eigenvalue weighted by molar-refractivity contribution is 0.477. The summed E-state index contributed by atoms with van der Waals surface area (Å²) in [5, 5.41) is 22.4. The maximum Gasteiger partial charge on any atom is 0.200 e. The molecule has 2 N–H and O–H groups in total. The zero-order valence-electron chi connectivity index (χ0n) is 17.4. The second kappa shape index (κ2) is 9.00. The summed E-state index contributed by atoms with van der Waals surface area (Å²) in [6.07, 6.45) is 0. The zero-order chi connectivity index (χ0) is 21.8. The molecule has 0 spiro atoms. The normalized spacial score (nSPS) is 10.7. The fraction of sp³-hybridized carbons (Fsp3) is 0.217. The number of aryl methyl sites for hydroxylation is 1. The number of phenolic OH excluding ortho intramolecular Hbond substituents is 1. The van der Waals surface area contributed by atoms with Crippen LogP contribution in [-0.2, 0) is 0 Å². The van der Waals surface area contributed by atoms with Crippen LogP contribution in [-0.4, -0.2) is 19.9 Å². The largest absolute Gasteiger partial charge is 0.507 e. The van der Waals surface area contributed by atoms with Gasteiger partial charge in [0, 0.05) is 11.5 Å². The van der Waals surface area contributed by atoms with Crippen LogP contribution in [0.2, 0.25) is 0 Å². The van der Waals surface area contributed by atoms with E-state index in [0.29, 0.717) is 16.2 Å². The van der Waals surface area contributed by atoms with Crippen LogP contribution in [0.1, 0.15) is 26.3 Å². The molecule has 0 aliphatic heterocycles. The molecule has 0 saturated heterocycles. The van der Waals surface area contributed by atoms with Crippen molar-refractivity contribution < 1.29 is 5.11 Å². The summed E-state index contributed by atoms with van der Waals surface area (Å²) in [6.45, 7) is 8.55. The van der Waals surface area contributed by atoms with E-state index in [1.54, 1.807) is 10.6 Å². The second-order valence-corrected chi connectivity index (χ2v) is 8.05. The summed E-state index contributed by atoms with van der Waals surface area (Å²) in [5.41, 5.74) is 2.62. The first-order valence-corrected chi connectivity index (χ1v) is 10.1. The maximum atomic E-state index is 10.7. The Morgan fingerprint density at radius 2 is 1.73 bits per heavy atom. The van der Waals surface area contributed by atoms with Gasteiger partial charge in [-0.2, -0.15) is 5.10 Å². The van der Waals surface area contributed by atoms with E-state index in [-0.39, 0.29) is 11.4 Å². The number of hydrogen-bond donors (Lipinski definition) is 2. The number of benzene rings is 3. The molecule has 0 aliphatic carbocycles. The molecular formula is C23H24N4O2S. The lowest BCUT2D eigenvalue weighted by Crippen LogP contribution is -1.99. The first-order chi connectivity index (χ1) is 14.3. The van der Waals surface area contributed by atoms with Crippen molar-refractivity contribution in [3.63, 3.8) is 0 Å². The van der Waals surface area contributed by atoms with Crippen molar-refractivity contribution in [2.45, 2.75) is 27.7 Å². The lowest BCUT2D eigenvalue weighted by Gasteiger charge is -2.12. The minimum Gasteiger partial charge on any atom is -0.507 e. The number of hydrogen-bond acceptors (Lipinski definition) is 5. The Bertz CT molecular complexity index is 1260. The van der Waals surface area contributed by atoms with Gasteiger partial charge in [0.25, 0.3) is 0 Å². The van der Waals surface area contributed by atoms with Crippen LogP contribution in [0, 0.1) is 22.5 Å². The van der Waals surface area contributed by atoms with Crippen LogP contribution >= 0.6 is 12.2 Å². The summed E-state index contributed by atoms with van der Waals surface area (Å²) in [4.78, 5) is 10.7. The summed E-state index contributed by atoms with van der Waals surface area (Å²) in [5.74, 6) is 1.20. The van der Waals surface area contributed by atoms with E-state index < -0.39 is 0 Å². The third-order valence-corrected chi connectivity index (χ3v) is 4.63. The highest BCUT2D eigenvalue weighted by Gasteiger charge is 2.17. The minimum absolute atomic E-state index is 0.0891. The SMILES string of the molecule is CC(C)C.Cc1ccc(-n2c(-c3ccc(N=O)cc3O)n[nH]c2=S)c2ccccc12. The molecule has 30 heavy (non-hydrogen) atoms. The highest BCUT2D eigenvalue weighted by Crippen LogP contribution is 2.34. The number of phenols is 1. The van der Waals surface area contributed by atoms with E-state index in [2.05, 4.69) is 49.1 Å². The van der Waals surface area contributed by atoms with Crippen LogP contribution in [0.15, 0.2) is 59.8 Å². The highest BCUT2D eigenvalue weighted by atomic mass is 32.1. The van der Waals surface area contributed by atoms with E-state index >= 15 is 0 Å². The molecule has 3 aromatic carbocycles. The Balaban J connectivity index is 0.000000589. The van der Waals surface area contributed by atoms with E-state index in [1.165, 1.54) is 12.1 Å². The van der Waals surface area contributed by atoms with Crippen molar-refractivity contribution in [1.29, 1.82) is 0 Å². The van der Waals surface area contributed by atoms with Gasteiger partial charge in [-0.15, -0.1) is 4.91 Å². The van der Waals surface area contributed by atoms with Gasteiger partial charge >= 0.3 is 0 Å². The summed E-state index contributed by atoms with van der Waals surface area (Å²) >= 11 is 5.44. The molecule has 4 rings (SSSR count). The molecule has 0 unspecified atom stereocenters. The fourth-order valence-corrected chi connectivity index (χ4v) is 3.33. The predicted octanol–water partition coefficient (Wildman–Crippen LogP) is 6.82. The van der Waals surface area contributed by atoms with Gasteiger partial charge in [-0.1, -0.05) is 51.1 Å². The van der Waals surface area contributed by atoms with Gasteiger partial charge in [0.2, 0.25) is 0 Å². The number of aromatic hydroxyl groups is 1. The first kappa shape index (κ1) is 21.4. The van der Waals surface area contributed by atoms with Gasteiger partial charge in [-0.05, 0) is 59.4 Å². The van der Waals surface area contributed by atoms with E-state index in [1.807, 2.05) is 30.3 Å². The van der Waals surface area contributed by atoms with Crippen molar-refractivity contribution in [2.75, 3.05) is 0 Å². The van der Waals surface area contributed by atoms with Gasteiger partial charge in [-0.25, -0.2) is 0 Å². The van der Waals surface area contributed by atoms with Gasteiger partial charge in [0.05, 0.1) is 11.3 Å². The zero-order valence-corrected chi connectivity index (χ0v) is 18.2. The maximum absolute atomic E-state index is 10.7. The summed E-state index contributed by atoms with van der Waals surface area (Å²) in [6, 6.07) is 16.5. The Morgan fingerprint density at radius 3 is 2.37 bits per heavy atom.